The van der Waals surface area contributed by atoms with Gasteiger partial charge in [-0.05, 0) is 85.0 Å². The van der Waals surface area contributed by atoms with E-state index in [1.54, 1.807) is 0 Å². The number of amides is 1. The van der Waals surface area contributed by atoms with Crippen LogP contribution in [0.25, 0.3) is 10.9 Å². The topological polar surface area (TPSA) is 79.3 Å². The number of hydrogen-bond acceptors (Lipinski definition) is 6. The standard InChI is InChI=1S/C25H25N5OS/c1-3-21-20(16-8-9-16)14-23(27-21)29-24-19-6-4-5-7-22(19)28-25(30-24)32-18-12-10-17(11-13-18)26-15(2)31/h4-7,10-14,16,21H,3,8-9H2,1-2H3,(H,26,31)(H,27,28,29,30). The molecule has 162 valence electrons. The van der Waals surface area contributed by atoms with Crippen molar-refractivity contribution >= 4 is 45.9 Å². The van der Waals surface area contributed by atoms with Gasteiger partial charge in [-0.2, -0.15) is 0 Å². The second-order valence-corrected chi connectivity index (χ2v) is 9.20. The largest absolute Gasteiger partial charge is 0.326 e. The Morgan fingerprint density at radius 2 is 1.88 bits per heavy atom. The summed E-state index contributed by atoms with van der Waals surface area (Å²) < 4.78 is 0. The Hall–Kier alpha value is -3.19. The molecule has 0 spiro atoms. The second-order valence-electron chi connectivity index (χ2n) is 8.16. The number of carbonyl (C=O) groups is 1. The fourth-order valence-corrected chi connectivity index (χ4v) is 4.73. The number of fused-ring (bicyclic) bond motifs is 1. The van der Waals surface area contributed by atoms with Gasteiger partial charge in [0.15, 0.2) is 5.16 Å². The van der Waals surface area contributed by atoms with Crippen molar-refractivity contribution in [3.63, 3.8) is 0 Å². The molecule has 2 heterocycles. The van der Waals surface area contributed by atoms with E-state index in [4.69, 9.17) is 15.0 Å². The lowest BCUT2D eigenvalue weighted by atomic mass is 10.0. The highest BCUT2D eigenvalue weighted by Crippen LogP contribution is 2.41. The number of aromatic nitrogens is 2. The number of benzene rings is 2. The number of amidine groups is 1. The summed E-state index contributed by atoms with van der Waals surface area (Å²) in [6.07, 6.45) is 5.80. The van der Waals surface area contributed by atoms with E-state index in [2.05, 4.69) is 23.6 Å². The SMILES string of the molecule is CCC1N=C(Nc2nc(Sc3ccc(NC(C)=O)cc3)nc3ccccc23)C=C1C1CC1. The van der Waals surface area contributed by atoms with Crippen molar-refractivity contribution < 1.29 is 4.79 Å². The zero-order valence-corrected chi connectivity index (χ0v) is 18.9. The number of nitrogens with one attached hydrogen (secondary N) is 2. The minimum absolute atomic E-state index is 0.0852. The maximum Gasteiger partial charge on any atom is 0.221 e. The molecule has 0 bridgehead atoms. The molecule has 2 N–H and O–H groups in total. The van der Waals surface area contributed by atoms with Crippen molar-refractivity contribution in [1.29, 1.82) is 0 Å². The minimum Gasteiger partial charge on any atom is -0.326 e. The fourth-order valence-electron chi connectivity index (χ4n) is 3.97. The first-order valence-electron chi connectivity index (χ1n) is 11.0. The van der Waals surface area contributed by atoms with Gasteiger partial charge in [0.25, 0.3) is 0 Å². The van der Waals surface area contributed by atoms with Crippen LogP contribution in [-0.4, -0.2) is 27.8 Å². The lowest BCUT2D eigenvalue weighted by Gasteiger charge is -2.10. The van der Waals surface area contributed by atoms with Crippen LogP contribution in [0, 0.1) is 5.92 Å². The van der Waals surface area contributed by atoms with Crippen LogP contribution in [0.1, 0.15) is 33.1 Å². The Balaban J connectivity index is 1.42. The highest BCUT2D eigenvalue weighted by molar-refractivity contribution is 7.99. The van der Waals surface area contributed by atoms with E-state index >= 15 is 0 Å². The van der Waals surface area contributed by atoms with E-state index < -0.39 is 0 Å². The quantitative estimate of drug-likeness (QED) is 0.479. The van der Waals surface area contributed by atoms with Crippen LogP contribution in [0.4, 0.5) is 11.5 Å². The van der Waals surface area contributed by atoms with Crippen molar-refractivity contribution in [3.8, 4) is 0 Å². The molecule has 1 atom stereocenters. The zero-order valence-electron chi connectivity index (χ0n) is 18.1. The van der Waals surface area contributed by atoms with Gasteiger partial charge >= 0.3 is 0 Å². The minimum atomic E-state index is -0.0852. The first kappa shape index (κ1) is 20.7. The highest BCUT2D eigenvalue weighted by Gasteiger charge is 2.33. The average Bonchev–Trinajstić information content (AvgIpc) is 3.55. The van der Waals surface area contributed by atoms with E-state index in [1.165, 1.54) is 37.1 Å². The van der Waals surface area contributed by atoms with Gasteiger partial charge in [0.05, 0.1) is 11.6 Å². The van der Waals surface area contributed by atoms with Gasteiger partial charge in [-0.15, -0.1) is 0 Å². The van der Waals surface area contributed by atoms with E-state index in [1.807, 2.05) is 48.5 Å². The summed E-state index contributed by atoms with van der Waals surface area (Å²) in [5.41, 5.74) is 3.12. The van der Waals surface area contributed by atoms with Crippen LogP contribution >= 0.6 is 11.8 Å². The molecule has 1 saturated carbocycles. The molecular weight excluding hydrogens is 418 g/mol. The summed E-state index contributed by atoms with van der Waals surface area (Å²) in [5, 5.41) is 7.90. The number of para-hydroxylation sites is 1. The number of carbonyl (C=O) groups excluding carboxylic acids is 1. The molecule has 1 amide bonds. The summed E-state index contributed by atoms with van der Waals surface area (Å²) in [6.45, 7) is 3.69. The third kappa shape index (κ3) is 4.53. The lowest BCUT2D eigenvalue weighted by molar-refractivity contribution is -0.114. The highest BCUT2D eigenvalue weighted by atomic mass is 32.2. The van der Waals surface area contributed by atoms with E-state index in [0.29, 0.717) is 11.1 Å². The molecule has 5 rings (SSSR count). The van der Waals surface area contributed by atoms with Crippen LogP contribution < -0.4 is 10.6 Å². The maximum absolute atomic E-state index is 11.2. The van der Waals surface area contributed by atoms with Gasteiger partial charge < -0.3 is 10.6 Å². The predicted octanol–water partition coefficient (Wildman–Crippen LogP) is 5.68. The van der Waals surface area contributed by atoms with Crippen LogP contribution in [0.2, 0.25) is 0 Å². The van der Waals surface area contributed by atoms with Crippen LogP contribution in [0.5, 0.6) is 0 Å². The van der Waals surface area contributed by atoms with Crippen molar-refractivity contribution in [3.05, 3.63) is 60.2 Å². The van der Waals surface area contributed by atoms with Crippen LogP contribution in [-0.2, 0) is 4.79 Å². The molecule has 1 aliphatic carbocycles. The number of anilines is 2. The predicted molar refractivity (Wildman–Crippen MR) is 130 cm³/mol. The number of hydrogen-bond donors (Lipinski definition) is 2. The zero-order chi connectivity index (χ0) is 22.1. The Morgan fingerprint density at radius 1 is 1.09 bits per heavy atom. The van der Waals surface area contributed by atoms with Gasteiger partial charge in [0.2, 0.25) is 5.91 Å². The molecule has 1 aromatic heterocycles. The molecule has 1 aliphatic heterocycles. The van der Waals surface area contributed by atoms with Crippen molar-refractivity contribution in [2.24, 2.45) is 10.9 Å². The molecule has 6 nitrogen and oxygen atoms in total. The average molecular weight is 444 g/mol. The number of nitrogens with zero attached hydrogens (tertiary/aromatic N) is 3. The molecule has 1 unspecified atom stereocenters. The first-order valence-corrected chi connectivity index (χ1v) is 11.8. The molecule has 2 aromatic carbocycles. The molecule has 1 fully saturated rings. The summed E-state index contributed by atoms with van der Waals surface area (Å²) in [4.78, 5) is 26.7. The van der Waals surface area contributed by atoms with E-state index in [-0.39, 0.29) is 11.9 Å². The Bertz CT molecular complexity index is 1230. The van der Waals surface area contributed by atoms with Gasteiger partial charge in [-0.25, -0.2) is 9.97 Å². The fraction of sp³-hybridized carbons (Fsp3) is 0.280. The second kappa shape index (κ2) is 8.74. The van der Waals surface area contributed by atoms with Gasteiger partial charge in [-0.3, -0.25) is 9.79 Å². The monoisotopic (exact) mass is 443 g/mol. The van der Waals surface area contributed by atoms with Gasteiger partial charge in [-0.1, -0.05) is 19.1 Å². The smallest absolute Gasteiger partial charge is 0.221 e. The van der Waals surface area contributed by atoms with Gasteiger partial charge in [0, 0.05) is 22.9 Å². The number of rotatable bonds is 6. The van der Waals surface area contributed by atoms with E-state index in [0.717, 1.165) is 39.6 Å². The van der Waals surface area contributed by atoms with Crippen LogP contribution in [0.15, 0.2) is 75.2 Å². The molecule has 3 aromatic rings. The molecule has 7 heteroatoms. The summed E-state index contributed by atoms with van der Waals surface area (Å²) in [6, 6.07) is 16.0. The molecule has 0 radical (unpaired) electrons. The van der Waals surface area contributed by atoms with Gasteiger partial charge in [0.1, 0.15) is 11.7 Å². The van der Waals surface area contributed by atoms with Crippen molar-refractivity contribution in [1.82, 2.24) is 9.97 Å². The Morgan fingerprint density at radius 3 is 2.59 bits per heavy atom. The third-order valence-electron chi connectivity index (χ3n) is 5.63. The molecule has 0 saturated heterocycles. The third-order valence-corrected chi connectivity index (χ3v) is 6.50. The Kier molecular flexibility index (Phi) is 5.66. The van der Waals surface area contributed by atoms with Crippen molar-refractivity contribution in [2.75, 3.05) is 10.6 Å². The molecule has 32 heavy (non-hydrogen) atoms. The Labute approximate surface area is 191 Å². The first-order chi connectivity index (χ1) is 15.6. The molecular formula is C25H25N5OS. The molecule has 2 aliphatic rings. The van der Waals surface area contributed by atoms with E-state index in [9.17, 15) is 4.79 Å². The summed E-state index contributed by atoms with van der Waals surface area (Å²) >= 11 is 1.49. The van der Waals surface area contributed by atoms with Crippen LogP contribution in [0.3, 0.4) is 0 Å². The normalized spacial score (nSPS) is 17.8. The van der Waals surface area contributed by atoms with Crippen molar-refractivity contribution in [2.45, 2.75) is 49.2 Å². The number of aliphatic imine (C=N–C) groups is 1. The lowest BCUT2D eigenvalue weighted by Crippen LogP contribution is -2.10. The maximum atomic E-state index is 11.2. The summed E-state index contributed by atoms with van der Waals surface area (Å²) in [7, 11) is 0. The summed E-state index contributed by atoms with van der Waals surface area (Å²) in [5.74, 6) is 2.28.